The third kappa shape index (κ3) is 6.38. The SMILES string of the molecule is CCOc1ccccc1C(=O)NCC(=O)N[C@@H](C)CC[C@@H]1CCCO1. The minimum Gasteiger partial charge on any atom is -0.493 e. The first-order chi connectivity index (χ1) is 12.1. The number of rotatable bonds is 9. The van der Waals surface area contributed by atoms with Crippen LogP contribution in [0.2, 0.25) is 0 Å². The Kier molecular flexibility index (Phi) is 7.73. The summed E-state index contributed by atoms with van der Waals surface area (Å²) in [6.45, 7) is 5.11. The summed E-state index contributed by atoms with van der Waals surface area (Å²) in [6.07, 6.45) is 4.39. The van der Waals surface area contributed by atoms with Crippen LogP contribution in [-0.2, 0) is 9.53 Å². The van der Waals surface area contributed by atoms with Gasteiger partial charge in [-0.25, -0.2) is 0 Å². The summed E-state index contributed by atoms with van der Waals surface area (Å²) in [4.78, 5) is 24.3. The lowest BCUT2D eigenvalue weighted by atomic mass is 10.1. The first-order valence-electron chi connectivity index (χ1n) is 9.01. The summed E-state index contributed by atoms with van der Waals surface area (Å²) < 4.78 is 11.0. The van der Waals surface area contributed by atoms with Crippen LogP contribution in [0, 0.1) is 0 Å². The van der Waals surface area contributed by atoms with Gasteiger partial charge in [-0.3, -0.25) is 9.59 Å². The van der Waals surface area contributed by atoms with Gasteiger partial charge in [-0.2, -0.15) is 0 Å². The van der Waals surface area contributed by atoms with Gasteiger partial charge < -0.3 is 20.1 Å². The molecular formula is C19H28N2O4. The number of nitrogens with one attached hydrogen (secondary N) is 2. The van der Waals surface area contributed by atoms with Crippen LogP contribution in [0.4, 0.5) is 0 Å². The molecule has 25 heavy (non-hydrogen) atoms. The van der Waals surface area contributed by atoms with Crippen molar-refractivity contribution in [3.05, 3.63) is 29.8 Å². The first-order valence-corrected chi connectivity index (χ1v) is 9.01. The van der Waals surface area contributed by atoms with Gasteiger partial charge in [0.1, 0.15) is 5.75 Å². The zero-order valence-electron chi connectivity index (χ0n) is 15.0. The molecule has 1 aromatic carbocycles. The normalized spacial score (nSPS) is 17.8. The molecule has 1 heterocycles. The molecule has 6 heteroatoms. The van der Waals surface area contributed by atoms with Crippen molar-refractivity contribution in [3.8, 4) is 5.75 Å². The van der Waals surface area contributed by atoms with Crippen LogP contribution in [0.15, 0.2) is 24.3 Å². The number of carbonyl (C=O) groups excluding carboxylic acids is 2. The van der Waals surface area contributed by atoms with Crippen LogP contribution in [0.1, 0.15) is 49.9 Å². The van der Waals surface area contributed by atoms with Gasteiger partial charge in [0.2, 0.25) is 5.91 Å². The second-order valence-electron chi connectivity index (χ2n) is 6.29. The molecule has 1 fully saturated rings. The molecule has 0 aromatic heterocycles. The van der Waals surface area contributed by atoms with Gasteiger partial charge in [0, 0.05) is 12.6 Å². The van der Waals surface area contributed by atoms with E-state index < -0.39 is 0 Å². The third-order valence-corrected chi connectivity index (χ3v) is 4.19. The predicted molar refractivity (Wildman–Crippen MR) is 95.8 cm³/mol. The van der Waals surface area contributed by atoms with Gasteiger partial charge in [0.15, 0.2) is 0 Å². The van der Waals surface area contributed by atoms with Gasteiger partial charge in [-0.1, -0.05) is 12.1 Å². The van der Waals surface area contributed by atoms with Crippen molar-refractivity contribution < 1.29 is 19.1 Å². The highest BCUT2D eigenvalue weighted by atomic mass is 16.5. The lowest BCUT2D eigenvalue weighted by Crippen LogP contribution is -2.41. The van der Waals surface area contributed by atoms with E-state index in [1.165, 1.54) is 0 Å². The Hall–Kier alpha value is -2.08. The fraction of sp³-hybridized carbons (Fsp3) is 0.579. The van der Waals surface area contributed by atoms with E-state index in [0.717, 1.165) is 32.3 Å². The summed E-state index contributed by atoms with van der Waals surface area (Å²) in [5, 5.41) is 5.55. The van der Waals surface area contributed by atoms with Crippen LogP contribution in [0.25, 0.3) is 0 Å². The zero-order valence-corrected chi connectivity index (χ0v) is 15.0. The minimum atomic E-state index is -0.314. The average molecular weight is 348 g/mol. The van der Waals surface area contributed by atoms with Crippen molar-refractivity contribution in [3.63, 3.8) is 0 Å². The van der Waals surface area contributed by atoms with E-state index in [9.17, 15) is 9.59 Å². The first kappa shape index (κ1) is 19.2. The highest BCUT2D eigenvalue weighted by Crippen LogP contribution is 2.18. The average Bonchev–Trinajstić information content (AvgIpc) is 3.12. The van der Waals surface area contributed by atoms with E-state index in [-0.39, 0.29) is 24.4 Å². The molecule has 138 valence electrons. The molecule has 2 amide bonds. The Morgan fingerprint density at radius 3 is 2.88 bits per heavy atom. The molecular weight excluding hydrogens is 320 g/mol. The molecule has 0 unspecified atom stereocenters. The lowest BCUT2D eigenvalue weighted by Gasteiger charge is -2.16. The molecule has 1 aliphatic rings. The molecule has 2 N–H and O–H groups in total. The maximum absolute atomic E-state index is 12.2. The smallest absolute Gasteiger partial charge is 0.255 e. The van der Waals surface area contributed by atoms with Gasteiger partial charge in [0.25, 0.3) is 5.91 Å². The van der Waals surface area contributed by atoms with Crippen molar-refractivity contribution in [2.45, 2.75) is 51.7 Å². The molecule has 0 spiro atoms. The van der Waals surface area contributed by atoms with Crippen LogP contribution in [-0.4, -0.2) is 43.7 Å². The Morgan fingerprint density at radius 2 is 2.16 bits per heavy atom. The maximum atomic E-state index is 12.2. The third-order valence-electron chi connectivity index (χ3n) is 4.19. The highest BCUT2D eigenvalue weighted by molar-refractivity contribution is 5.98. The number of benzene rings is 1. The Morgan fingerprint density at radius 1 is 1.36 bits per heavy atom. The molecule has 2 atom stereocenters. The van der Waals surface area contributed by atoms with E-state index >= 15 is 0 Å². The largest absolute Gasteiger partial charge is 0.493 e. The molecule has 1 saturated heterocycles. The number of para-hydroxylation sites is 1. The molecule has 0 saturated carbocycles. The van der Waals surface area contributed by atoms with Crippen LogP contribution < -0.4 is 15.4 Å². The number of amides is 2. The summed E-state index contributed by atoms with van der Waals surface area (Å²) in [5.41, 5.74) is 0.434. The number of hydrogen-bond donors (Lipinski definition) is 2. The van der Waals surface area contributed by atoms with Crippen molar-refractivity contribution in [1.29, 1.82) is 0 Å². The van der Waals surface area contributed by atoms with Crippen LogP contribution in [0.5, 0.6) is 5.75 Å². The molecule has 6 nitrogen and oxygen atoms in total. The standard InChI is InChI=1S/C19H28N2O4/c1-3-24-17-9-5-4-8-16(17)19(23)20-13-18(22)21-14(2)10-11-15-7-6-12-25-15/h4-5,8-9,14-15H,3,6-7,10-13H2,1-2H3,(H,20,23)(H,21,22)/t14-,15-/m0/s1. The molecule has 1 aromatic rings. The second-order valence-corrected chi connectivity index (χ2v) is 6.29. The Labute approximate surface area is 149 Å². The second kappa shape index (κ2) is 10.0. The van der Waals surface area contributed by atoms with E-state index in [2.05, 4.69) is 10.6 Å². The summed E-state index contributed by atoms with van der Waals surface area (Å²) in [7, 11) is 0. The van der Waals surface area contributed by atoms with E-state index in [1.807, 2.05) is 19.9 Å². The van der Waals surface area contributed by atoms with Gasteiger partial charge >= 0.3 is 0 Å². The Balaban J connectivity index is 1.72. The van der Waals surface area contributed by atoms with Crippen molar-refractivity contribution >= 4 is 11.8 Å². The number of carbonyl (C=O) groups is 2. The van der Waals surface area contributed by atoms with E-state index in [4.69, 9.17) is 9.47 Å². The minimum absolute atomic E-state index is 0.0520. The maximum Gasteiger partial charge on any atom is 0.255 e. The van der Waals surface area contributed by atoms with Gasteiger partial charge in [-0.05, 0) is 51.7 Å². The summed E-state index contributed by atoms with van der Waals surface area (Å²) >= 11 is 0. The monoisotopic (exact) mass is 348 g/mol. The van der Waals surface area contributed by atoms with E-state index in [0.29, 0.717) is 24.0 Å². The Bertz CT molecular complexity index is 570. The molecule has 0 bridgehead atoms. The summed E-state index contributed by atoms with van der Waals surface area (Å²) in [5.74, 6) is 0.0149. The predicted octanol–water partition coefficient (Wildman–Crippen LogP) is 2.28. The molecule has 2 rings (SSSR count). The van der Waals surface area contributed by atoms with Gasteiger partial charge in [-0.15, -0.1) is 0 Å². The van der Waals surface area contributed by atoms with Gasteiger partial charge in [0.05, 0.1) is 24.8 Å². The summed E-state index contributed by atoms with van der Waals surface area (Å²) in [6, 6.07) is 7.06. The fourth-order valence-corrected chi connectivity index (χ4v) is 2.90. The molecule has 1 aliphatic heterocycles. The zero-order chi connectivity index (χ0) is 18.1. The van der Waals surface area contributed by atoms with Crippen LogP contribution >= 0.6 is 0 Å². The quantitative estimate of drug-likeness (QED) is 0.718. The highest BCUT2D eigenvalue weighted by Gasteiger charge is 2.18. The van der Waals surface area contributed by atoms with E-state index in [1.54, 1.807) is 18.2 Å². The fourth-order valence-electron chi connectivity index (χ4n) is 2.90. The molecule has 0 aliphatic carbocycles. The van der Waals surface area contributed by atoms with Crippen molar-refractivity contribution in [2.75, 3.05) is 19.8 Å². The number of hydrogen-bond acceptors (Lipinski definition) is 4. The van der Waals surface area contributed by atoms with Crippen molar-refractivity contribution in [1.82, 2.24) is 10.6 Å². The lowest BCUT2D eigenvalue weighted by molar-refractivity contribution is -0.120. The molecule has 0 radical (unpaired) electrons. The topological polar surface area (TPSA) is 76.7 Å². The number of ether oxygens (including phenoxy) is 2. The van der Waals surface area contributed by atoms with Crippen LogP contribution in [0.3, 0.4) is 0 Å². The van der Waals surface area contributed by atoms with Crippen molar-refractivity contribution in [2.24, 2.45) is 0 Å².